The van der Waals surface area contributed by atoms with Crippen molar-refractivity contribution in [2.75, 3.05) is 11.1 Å². The van der Waals surface area contributed by atoms with Crippen molar-refractivity contribution in [1.29, 1.82) is 0 Å². The standard InChI is InChI=1S/C16H13BrFNO2S/c1-10(20)11-2-7-15(14(18)8-11)22-9-16(21)19-13-5-3-12(17)4-6-13/h2-8H,9H2,1H3,(H,19,21). The lowest BCUT2D eigenvalue weighted by Crippen LogP contribution is -2.14. The van der Waals surface area contributed by atoms with Crippen LogP contribution < -0.4 is 5.32 Å². The van der Waals surface area contributed by atoms with Crippen molar-refractivity contribution < 1.29 is 14.0 Å². The summed E-state index contributed by atoms with van der Waals surface area (Å²) in [5.74, 6) is -0.813. The summed E-state index contributed by atoms with van der Waals surface area (Å²) in [4.78, 5) is 23.3. The van der Waals surface area contributed by atoms with E-state index >= 15 is 0 Å². The van der Waals surface area contributed by atoms with Crippen molar-refractivity contribution in [2.45, 2.75) is 11.8 Å². The van der Waals surface area contributed by atoms with E-state index in [-0.39, 0.29) is 17.4 Å². The summed E-state index contributed by atoms with van der Waals surface area (Å²) in [6, 6.07) is 11.5. The van der Waals surface area contributed by atoms with E-state index in [2.05, 4.69) is 21.2 Å². The van der Waals surface area contributed by atoms with Gasteiger partial charge in [-0.2, -0.15) is 0 Å². The maximum atomic E-state index is 13.8. The fourth-order valence-corrected chi connectivity index (χ4v) is 2.69. The van der Waals surface area contributed by atoms with Crippen molar-refractivity contribution in [2.24, 2.45) is 0 Å². The lowest BCUT2D eigenvalue weighted by atomic mass is 10.1. The topological polar surface area (TPSA) is 46.2 Å². The highest BCUT2D eigenvalue weighted by Crippen LogP contribution is 2.23. The second kappa shape index (κ2) is 7.56. The molecule has 0 bridgehead atoms. The third kappa shape index (κ3) is 4.68. The molecule has 114 valence electrons. The Kier molecular flexibility index (Phi) is 5.74. The highest BCUT2D eigenvalue weighted by molar-refractivity contribution is 9.10. The van der Waals surface area contributed by atoms with Crippen molar-refractivity contribution >= 4 is 45.1 Å². The number of benzene rings is 2. The zero-order valence-electron chi connectivity index (χ0n) is 11.7. The van der Waals surface area contributed by atoms with E-state index < -0.39 is 5.82 Å². The Morgan fingerprint density at radius 3 is 2.45 bits per heavy atom. The Morgan fingerprint density at radius 1 is 1.18 bits per heavy atom. The van der Waals surface area contributed by atoms with E-state index in [1.807, 2.05) is 12.1 Å². The van der Waals surface area contributed by atoms with Crippen LogP contribution >= 0.6 is 27.7 Å². The second-order valence-electron chi connectivity index (χ2n) is 4.55. The summed E-state index contributed by atoms with van der Waals surface area (Å²) in [6.45, 7) is 1.38. The molecule has 0 aliphatic rings. The highest BCUT2D eigenvalue weighted by atomic mass is 79.9. The molecule has 2 rings (SSSR count). The first-order valence-electron chi connectivity index (χ1n) is 6.44. The van der Waals surface area contributed by atoms with Gasteiger partial charge >= 0.3 is 0 Å². The number of rotatable bonds is 5. The monoisotopic (exact) mass is 381 g/mol. The lowest BCUT2D eigenvalue weighted by molar-refractivity contribution is -0.113. The van der Waals surface area contributed by atoms with Gasteiger partial charge in [-0.3, -0.25) is 9.59 Å². The quantitative estimate of drug-likeness (QED) is 0.611. The predicted octanol–water partition coefficient (Wildman–Crippen LogP) is 4.52. The smallest absolute Gasteiger partial charge is 0.234 e. The van der Waals surface area contributed by atoms with Crippen LogP contribution in [0.4, 0.5) is 10.1 Å². The molecule has 0 radical (unpaired) electrons. The molecule has 0 aliphatic heterocycles. The molecule has 0 unspecified atom stereocenters. The van der Waals surface area contributed by atoms with Crippen LogP contribution in [-0.4, -0.2) is 17.4 Å². The van der Waals surface area contributed by atoms with E-state index in [0.717, 1.165) is 16.2 Å². The van der Waals surface area contributed by atoms with Gasteiger partial charge in [-0.1, -0.05) is 22.0 Å². The molecule has 2 aromatic rings. The van der Waals surface area contributed by atoms with Crippen molar-refractivity contribution in [1.82, 2.24) is 0 Å². The Hall–Kier alpha value is -1.66. The zero-order chi connectivity index (χ0) is 16.1. The molecule has 0 spiro atoms. The minimum Gasteiger partial charge on any atom is -0.325 e. The van der Waals surface area contributed by atoms with Crippen LogP contribution in [0.3, 0.4) is 0 Å². The fraction of sp³-hybridized carbons (Fsp3) is 0.125. The Bertz CT molecular complexity index is 704. The summed E-state index contributed by atoms with van der Waals surface area (Å²) in [7, 11) is 0. The number of carbonyl (C=O) groups excluding carboxylic acids is 2. The molecule has 0 heterocycles. The number of anilines is 1. The first-order chi connectivity index (χ1) is 10.5. The number of amides is 1. The van der Waals surface area contributed by atoms with E-state index in [1.165, 1.54) is 19.1 Å². The van der Waals surface area contributed by atoms with Gasteiger partial charge in [0.05, 0.1) is 5.75 Å². The molecule has 3 nitrogen and oxygen atoms in total. The van der Waals surface area contributed by atoms with E-state index in [4.69, 9.17) is 0 Å². The summed E-state index contributed by atoms with van der Waals surface area (Å²) >= 11 is 4.40. The fourth-order valence-electron chi connectivity index (χ4n) is 1.71. The van der Waals surface area contributed by atoms with E-state index in [0.29, 0.717) is 16.1 Å². The third-order valence-electron chi connectivity index (χ3n) is 2.83. The number of thioether (sulfide) groups is 1. The van der Waals surface area contributed by atoms with Gasteiger partial charge in [0.15, 0.2) is 5.78 Å². The average Bonchev–Trinajstić information content (AvgIpc) is 2.48. The van der Waals surface area contributed by atoms with Gasteiger partial charge in [0, 0.05) is 20.6 Å². The van der Waals surface area contributed by atoms with Crippen molar-refractivity contribution in [3.8, 4) is 0 Å². The number of hydrogen-bond acceptors (Lipinski definition) is 3. The molecule has 6 heteroatoms. The molecule has 0 atom stereocenters. The number of halogens is 2. The third-order valence-corrected chi connectivity index (χ3v) is 4.40. The lowest BCUT2D eigenvalue weighted by Gasteiger charge is -2.06. The first kappa shape index (κ1) is 16.7. The number of hydrogen-bond donors (Lipinski definition) is 1. The summed E-state index contributed by atoms with van der Waals surface area (Å²) in [5, 5.41) is 2.73. The van der Waals surface area contributed by atoms with Crippen LogP contribution in [0, 0.1) is 5.82 Å². The van der Waals surface area contributed by atoms with Gasteiger partial charge in [0.1, 0.15) is 5.82 Å². The van der Waals surface area contributed by atoms with Crippen LogP contribution in [-0.2, 0) is 4.79 Å². The molecular weight excluding hydrogens is 369 g/mol. The number of carbonyl (C=O) groups is 2. The zero-order valence-corrected chi connectivity index (χ0v) is 14.1. The van der Waals surface area contributed by atoms with Crippen LogP contribution in [0.25, 0.3) is 0 Å². The van der Waals surface area contributed by atoms with Gasteiger partial charge < -0.3 is 5.32 Å². The van der Waals surface area contributed by atoms with Gasteiger partial charge in [-0.15, -0.1) is 11.8 Å². The summed E-state index contributed by atoms with van der Waals surface area (Å²) in [6.07, 6.45) is 0. The van der Waals surface area contributed by atoms with Gasteiger partial charge in [0.25, 0.3) is 0 Å². The maximum Gasteiger partial charge on any atom is 0.234 e. The minimum atomic E-state index is -0.492. The molecule has 0 saturated heterocycles. The van der Waals surface area contributed by atoms with Crippen LogP contribution in [0.2, 0.25) is 0 Å². The van der Waals surface area contributed by atoms with Crippen LogP contribution in [0.1, 0.15) is 17.3 Å². The number of ketones is 1. The van der Waals surface area contributed by atoms with E-state index in [9.17, 15) is 14.0 Å². The van der Waals surface area contributed by atoms with Gasteiger partial charge in [0.2, 0.25) is 5.91 Å². The molecular formula is C16H13BrFNO2S. The molecule has 0 aliphatic carbocycles. The average molecular weight is 382 g/mol. The Balaban J connectivity index is 1.93. The van der Waals surface area contributed by atoms with Crippen molar-refractivity contribution in [3.05, 3.63) is 58.3 Å². The molecule has 22 heavy (non-hydrogen) atoms. The Labute approximate surface area is 140 Å². The van der Waals surface area contributed by atoms with Crippen LogP contribution in [0.5, 0.6) is 0 Å². The summed E-state index contributed by atoms with van der Waals surface area (Å²) in [5.41, 5.74) is 1.00. The number of Topliss-reactive ketones (excluding diaryl/α,β-unsaturated/α-hetero) is 1. The highest BCUT2D eigenvalue weighted by Gasteiger charge is 2.09. The second-order valence-corrected chi connectivity index (χ2v) is 6.48. The van der Waals surface area contributed by atoms with Gasteiger partial charge in [-0.25, -0.2) is 4.39 Å². The normalized spacial score (nSPS) is 10.3. The van der Waals surface area contributed by atoms with Crippen LogP contribution in [0.15, 0.2) is 51.8 Å². The maximum absolute atomic E-state index is 13.8. The molecule has 0 saturated carbocycles. The molecule has 0 fully saturated rings. The predicted molar refractivity (Wildman–Crippen MR) is 89.9 cm³/mol. The molecule has 0 aromatic heterocycles. The largest absolute Gasteiger partial charge is 0.325 e. The minimum absolute atomic E-state index is 0.0897. The van der Waals surface area contributed by atoms with Crippen molar-refractivity contribution in [3.63, 3.8) is 0 Å². The first-order valence-corrected chi connectivity index (χ1v) is 8.22. The molecule has 1 N–H and O–H groups in total. The molecule has 1 amide bonds. The summed E-state index contributed by atoms with van der Waals surface area (Å²) < 4.78 is 14.7. The molecule has 2 aromatic carbocycles. The Morgan fingerprint density at radius 2 is 1.86 bits per heavy atom. The SMILES string of the molecule is CC(=O)c1ccc(SCC(=O)Nc2ccc(Br)cc2)c(F)c1. The van der Waals surface area contributed by atoms with E-state index in [1.54, 1.807) is 18.2 Å². The number of nitrogens with one attached hydrogen (secondary N) is 1. The van der Waals surface area contributed by atoms with Gasteiger partial charge in [-0.05, 0) is 43.3 Å².